The highest BCUT2D eigenvalue weighted by atomic mass is 16.3. The number of aliphatic hydroxyl groups excluding tert-OH is 1. The molecule has 4 nitrogen and oxygen atoms in total. The highest BCUT2D eigenvalue weighted by molar-refractivity contribution is 5.94. The molecule has 0 fully saturated rings. The summed E-state index contributed by atoms with van der Waals surface area (Å²) in [5.41, 5.74) is 0.701. The zero-order chi connectivity index (χ0) is 11.1. The first kappa shape index (κ1) is 11.2. The van der Waals surface area contributed by atoms with E-state index >= 15 is 0 Å². The first-order chi connectivity index (χ1) is 7.29. The molecular weight excluding hydrogens is 192 g/mol. The number of nitrogens with zero attached hydrogens (tertiary/aromatic N) is 2. The largest absolute Gasteiger partial charge is 0.387 e. The van der Waals surface area contributed by atoms with E-state index in [0.717, 1.165) is 0 Å². The number of para-hydroxylation sites is 1. The Hall–Kier alpha value is -1.86. The van der Waals surface area contributed by atoms with Crippen LogP contribution in [0.5, 0.6) is 0 Å². The molecule has 0 aliphatic rings. The van der Waals surface area contributed by atoms with Gasteiger partial charge in [-0.25, -0.2) is 0 Å². The predicted molar refractivity (Wildman–Crippen MR) is 56.1 cm³/mol. The molecule has 78 valence electrons. The molecule has 0 atom stereocenters. The van der Waals surface area contributed by atoms with Crippen LogP contribution in [0, 0.1) is 11.3 Å². The highest BCUT2D eigenvalue weighted by Crippen LogP contribution is 2.13. The Morgan fingerprint density at radius 2 is 2.07 bits per heavy atom. The molecule has 15 heavy (non-hydrogen) atoms. The van der Waals surface area contributed by atoms with Gasteiger partial charge in [0, 0.05) is 12.2 Å². The van der Waals surface area contributed by atoms with Gasteiger partial charge in [0.25, 0.3) is 5.91 Å². The molecule has 0 spiro atoms. The number of nitriles is 1. The molecule has 1 rings (SSSR count). The molecule has 0 radical (unpaired) electrons. The fourth-order valence-corrected chi connectivity index (χ4v) is 1.25. The van der Waals surface area contributed by atoms with Crippen molar-refractivity contribution in [1.29, 1.82) is 5.26 Å². The Balaban J connectivity index is 2.82. The summed E-state index contributed by atoms with van der Waals surface area (Å²) in [5.74, 6) is -0.392. The lowest BCUT2D eigenvalue weighted by atomic mass is 10.2. The summed E-state index contributed by atoms with van der Waals surface area (Å²) in [5, 5.41) is 17.3. The zero-order valence-electron chi connectivity index (χ0n) is 8.26. The number of carbonyl (C=O) groups is 1. The van der Waals surface area contributed by atoms with E-state index < -0.39 is 12.5 Å². The van der Waals surface area contributed by atoms with Crippen molar-refractivity contribution in [3.05, 3.63) is 30.3 Å². The maximum atomic E-state index is 11.4. The number of carbonyl (C=O) groups excluding carboxylic acids is 1. The second kappa shape index (κ2) is 5.78. The van der Waals surface area contributed by atoms with Crippen molar-refractivity contribution < 1.29 is 9.90 Å². The number of anilines is 1. The molecule has 1 aromatic carbocycles. The number of hydrogen-bond acceptors (Lipinski definition) is 3. The molecule has 1 aromatic rings. The van der Waals surface area contributed by atoms with Gasteiger partial charge in [-0.05, 0) is 12.1 Å². The molecule has 0 heterocycles. The summed E-state index contributed by atoms with van der Waals surface area (Å²) in [4.78, 5) is 12.8. The third kappa shape index (κ3) is 3.08. The van der Waals surface area contributed by atoms with Crippen molar-refractivity contribution in [2.45, 2.75) is 6.42 Å². The van der Waals surface area contributed by atoms with Crippen LogP contribution in [0.15, 0.2) is 30.3 Å². The lowest BCUT2D eigenvalue weighted by Gasteiger charge is -2.20. The van der Waals surface area contributed by atoms with E-state index in [2.05, 4.69) is 0 Å². The van der Waals surface area contributed by atoms with Crippen LogP contribution < -0.4 is 4.90 Å². The summed E-state index contributed by atoms with van der Waals surface area (Å²) in [6, 6.07) is 11.0. The normalized spacial score (nSPS) is 9.33. The fraction of sp³-hybridized carbons (Fsp3) is 0.273. The van der Waals surface area contributed by atoms with Crippen molar-refractivity contribution in [3.8, 4) is 6.07 Å². The monoisotopic (exact) mass is 204 g/mol. The molecular formula is C11H12N2O2. The molecule has 0 saturated heterocycles. The van der Waals surface area contributed by atoms with Crippen LogP contribution in [-0.4, -0.2) is 24.2 Å². The van der Waals surface area contributed by atoms with Crippen molar-refractivity contribution >= 4 is 11.6 Å². The SMILES string of the molecule is N#CCCN(C(=O)CO)c1ccccc1. The summed E-state index contributed by atoms with van der Waals surface area (Å²) in [6.07, 6.45) is 0.251. The van der Waals surface area contributed by atoms with Gasteiger partial charge in [0.05, 0.1) is 12.5 Å². The summed E-state index contributed by atoms with van der Waals surface area (Å²) in [7, 11) is 0. The Morgan fingerprint density at radius 3 is 2.60 bits per heavy atom. The number of amides is 1. The van der Waals surface area contributed by atoms with Crippen molar-refractivity contribution in [3.63, 3.8) is 0 Å². The lowest BCUT2D eigenvalue weighted by Crippen LogP contribution is -2.33. The third-order valence-electron chi connectivity index (χ3n) is 1.95. The average molecular weight is 204 g/mol. The molecule has 0 bridgehead atoms. The van der Waals surface area contributed by atoms with E-state index in [1.807, 2.05) is 12.1 Å². The van der Waals surface area contributed by atoms with Gasteiger partial charge in [0.1, 0.15) is 6.61 Å². The molecule has 0 unspecified atom stereocenters. The second-order valence-corrected chi connectivity index (χ2v) is 2.95. The van der Waals surface area contributed by atoms with Crippen LogP contribution in [0.2, 0.25) is 0 Å². The van der Waals surface area contributed by atoms with Gasteiger partial charge in [-0.1, -0.05) is 18.2 Å². The molecule has 0 aliphatic heterocycles. The van der Waals surface area contributed by atoms with E-state index in [4.69, 9.17) is 10.4 Å². The standard InChI is InChI=1S/C11H12N2O2/c12-7-4-8-13(11(15)9-14)10-5-2-1-3-6-10/h1-3,5-6,14H,4,8-9H2. The molecule has 1 amide bonds. The second-order valence-electron chi connectivity index (χ2n) is 2.95. The van der Waals surface area contributed by atoms with E-state index in [1.165, 1.54) is 4.90 Å². The number of hydrogen-bond donors (Lipinski definition) is 1. The maximum absolute atomic E-state index is 11.4. The lowest BCUT2D eigenvalue weighted by molar-refractivity contribution is -0.121. The van der Waals surface area contributed by atoms with Crippen LogP contribution in [-0.2, 0) is 4.79 Å². The molecule has 0 aliphatic carbocycles. The van der Waals surface area contributed by atoms with Crippen LogP contribution in [0.4, 0.5) is 5.69 Å². The van der Waals surface area contributed by atoms with E-state index in [0.29, 0.717) is 12.2 Å². The Kier molecular flexibility index (Phi) is 4.32. The average Bonchev–Trinajstić information content (AvgIpc) is 2.30. The van der Waals surface area contributed by atoms with Gasteiger partial charge in [-0.2, -0.15) is 5.26 Å². The molecule has 0 aromatic heterocycles. The first-order valence-electron chi connectivity index (χ1n) is 4.63. The predicted octanol–water partition coefficient (Wildman–Crippen LogP) is 0.926. The van der Waals surface area contributed by atoms with Gasteiger partial charge < -0.3 is 10.0 Å². The molecule has 1 N–H and O–H groups in total. The van der Waals surface area contributed by atoms with Gasteiger partial charge in [-0.15, -0.1) is 0 Å². The van der Waals surface area contributed by atoms with E-state index in [1.54, 1.807) is 24.3 Å². The maximum Gasteiger partial charge on any atom is 0.252 e. The van der Waals surface area contributed by atoms with Crippen LogP contribution in [0.1, 0.15) is 6.42 Å². The van der Waals surface area contributed by atoms with Gasteiger partial charge in [-0.3, -0.25) is 4.79 Å². The van der Waals surface area contributed by atoms with Gasteiger partial charge >= 0.3 is 0 Å². The van der Waals surface area contributed by atoms with Crippen molar-refractivity contribution in [2.24, 2.45) is 0 Å². The molecule has 0 saturated carbocycles. The topological polar surface area (TPSA) is 64.3 Å². The van der Waals surface area contributed by atoms with Gasteiger partial charge in [0.2, 0.25) is 0 Å². The summed E-state index contributed by atoms with van der Waals surface area (Å²) < 4.78 is 0. The fourth-order valence-electron chi connectivity index (χ4n) is 1.25. The minimum atomic E-state index is -0.541. The van der Waals surface area contributed by atoms with Crippen LogP contribution in [0.25, 0.3) is 0 Å². The number of benzene rings is 1. The van der Waals surface area contributed by atoms with E-state index in [-0.39, 0.29) is 6.42 Å². The van der Waals surface area contributed by atoms with Crippen LogP contribution >= 0.6 is 0 Å². The quantitative estimate of drug-likeness (QED) is 0.793. The van der Waals surface area contributed by atoms with E-state index in [9.17, 15) is 4.79 Å². The van der Waals surface area contributed by atoms with Crippen LogP contribution in [0.3, 0.4) is 0 Å². The summed E-state index contributed by atoms with van der Waals surface area (Å²) in [6.45, 7) is -0.236. The smallest absolute Gasteiger partial charge is 0.252 e. The Morgan fingerprint density at radius 1 is 1.40 bits per heavy atom. The van der Waals surface area contributed by atoms with Crippen molar-refractivity contribution in [2.75, 3.05) is 18.1 Å². The zero-order valence-corrected chi connectivity index (χ0v) is 8.26. The molecule has 4 heteroatoms. The number of aliphatic hydroxyl groups is 1. The minimum absolute atomic E-state index is 0.251. The van der Waals surface area contributed by atoms with Crippen molar-refractivity contribution in [1.82, 2.24) is 0 Å². The number of rotatable bonds is 4. The first-order valence-corrected chi connectivity index (χ1v) is 4.63. The highest BCUT2D eigenvalue weighted by Gasteiger charge is 2.13. The third-order valence-corrected chi connectivity index (χ3v) is 1.95. The summed E-state index contributed by atoms with van der Waals surface area (Å²) >= 11 is 0. The Bertz CT molecular complexity index is 357. The minimum Gasteiger partial charge on any atom is -0.387 e. The van der Waals surface area contributed by atoms with Gasteiger partial charge in [0.15, 0.2) is 0 Å². The Labute approximate surface area is 88.4 Å².